The minimum atomic E-state index is -0.340. The van der Waals surface area contributed by atoms with E-state index in [1.54, 1.807) is 12.1 Å². The van der Waals surface area contributed by atoms with Crippen molar-refractivity contribution in [2.24, 2.45) is 0 Å². The number of anilines is 1. The molecular weight excluding hydrogens is 194 g/mol. The molecule has 0 radical (unpaired) electrons. The van der Waals surface area contributed by atoms with E-state index in [1.165, 1.54) is 0 Å². The molecule has 2 nitrogen and oxygen atoms in total. The number of nitrogens with two attached hydrogens (primary N) is 1. The summed E-state index contributed by atoms with van der Waals surface area (Å²) < 4.78 is 0. The van der Waals surface area contributed by atoms with Crippen LogP contribution in [0.1, 0.15) is 15.9 Å². The lowest BCUT2D eigenvalue weighted by Crippen LogP contribution is -1.98. The second-order valence-corrected chi connectivity index (χ2v) is 3.31. The molecule has 1 rings (SSSR count). The molecule has 0 bridgehead atoms. The van der Waals surface area contributed by atoms with Gasteiger partial charge in [-0.25, -0.2) is 0 Å². The second-order valence-electron chi connectivity index (χ2n) is 2.49. The molecule has 0 aliphatic rings. The molecule has 0 heterocycles. The van der Waals surface area contributed by atoms with Crippen molar-refractivity contribution >= 4 is 35.0 Å². The number of halogens is 1. The molecule has 1 aromatic carbocycles. The van der Waals surface area contributed by atoms with Crippen molar-refractivity contribution in [3.8, 4) is 0 Å². The highest BCUT2D eigenvalue weighted by Gasteiger charge is 2.07. The molecule has 0 fully saturated rings. The van der Waals surface area contributed by atoms with Crippen molar-refractivity contribution in [1.82, 2.24) is 0 Å². The van der Waals surface area contributed by atoms with Crippen molar-refractivity contribution in [2.45, 2.75) is 6.92 Å². The van der Waals surface area contributed by atoms with Crippen LogP contribution < -0.4 is 5.73 Å². The zero-order chi connectivity index (χ0) is 9.30. The summed E-state index contributed by atoms with van der Waals surface area (Å²) in [6.45, 7) is 1.81. The molecule has 0 aliphatic heterocycles. The third-order valence-corrected chi connectivity index (χ3v) is 2.21. The van der Waals surface area contributed by atoms with Crippen LogP contribution in [0.15, 0.2) is 12.1 Å². The smallest absolute Gasteiger partial charge is 0.218 e. The van der Waals surface area contributed by atoms with Gasteiger partial charge < -0.3 is 5.73 Å². The van der Waals surface area contributed by atoms with Crippen LogP contribution in [0.5, 0.6) is 0 Å². The van der Waals surface area contributed by atoms with Crippen molar-refractivity contribution in [3.63, 3.8) is 0 Å². The molecular formula is C8H8ClNOS. The Morgan fingerprint density at radius 1 is 1.58 bits per heavy atom. The number of hydrogen-bond acceptors (Lipinski definition) is 2. The van der Waals surface area contributed by atoms with E-state index in [2.05, 4.69) is 12.6 Å². The monoisotopic (exact) mass is 201 g/mol. The minimum absolute atomic E-state index is 0.340. The molecule has 0 spiro atoms. The summed E-state index contributed by atoms with van der Waals surface area (Å²) in [6, 6.07) is 3.19. The molecule has 4 heteroatoms. The Morgan fingerprint density at radius 2 is 2.17 bits per heavy atom. The normalized spacial score (nSPS) is 9.92. The Labute approximate surface area is 81.1 Å². The first kappa shape index (κ1) is 9.42. The summed E-state index contributed by atoms with van der Waals surface area (Å²) >= 11 is 9.45. The van der Waals surface area contributed by atoms with E-state index < -0.39 is 0 Å². The van der Waals surface area contributed by atoms with E-state index in [-0.39, 0.29) is 5.12 Å². The van der Waals surface area contributed by atoms with E-state index in [1.807, 2.05) is 6.92 Å². The van der Waals surface area contributed by atoms with Crippen LogP contribution in [0.2, 0.25) is 5.02 Å². The molecule has 0 atom stereocenters. The summed E-state index contributed by atoms with van der Waals surface area (Å²) in [5.74, 6) is 0. The molecule has 0 unspecified atom stereocenters. The number of rotatable bonds is 1. The molecule has 64 valence electrons. The van der Waals surface area contributed by atoms with Crippen LogP contribution in [0.4, 0.5) is 5.69 Å². The lowest BCUT2D eigenvalue weighted by atomic mass is 10.1. The van der Waals surface area contributed by atoms with Gasteiger partial charge in [-0.05, 0) is 24.6 Å². The topological polar surface area (TPSA) is 43.1 Å². The van der Waals surface area contributed by atoms with Gasteiger partial charge in [0.25, 0.3) is 0 Å². The third-order valence-electron chi connectivity index (χ3n) is 1.56. The fourth-order valence-corrected chi connectivity index (χ4v) is 1.25. The van der Waals surface area contributed by atoms with Gasteiger partial charge in [0.1, 0.15) is 0 Å². The zero-order valence-corrected chi connectivity index (χ0v) is 8.12. The van der Waals surface area contributed by atoms with Gasteiger partial charge in [-0.2, -0.15) is 0 Å². The maximum absolute atomic E-state index is 10.9. The molecule has 0 saturated carbocycles. The molecule has 0 amide bonds. The summed E-state index contributed by atoms with van der Waals surface area (Å²) in [6.07, 6.45) is 0. The largest absolute Gasteiger partial charge is 0.398 e. The summed E-state index contributed by atoms with van der Waals surface area (Å²) in [5, 5.41) is 0.220. The quantitative estimate of drug-likeness (QED) is 0.541. The van der Waals surface area contributed by atoms with E-state index in [4.69, 9.17) is 17.3 Å². The van der Waals surface area contributed by atoms with E-state index >= 15 is 0 Å². The number of thiol groups is 1. The van der Waals surface area contributed by atoms with Crippen LogP contribution in [0, 0.1) is 6.92 Å². The molecule has 12 heavy (non-hydrogen) atoms. The SMILES string of the molecule is Cc1cc(C(=O)S)c(N)cc1Cl. The van der Waals surface area contributed by atoms with Crippen LogP contribution in [0.3, 0.4) is 0 Å². The fraction of sp³-hybridized carbons (Fsp3) is 0.125. The first-order valence-electron chi connectivity index (χ1n) is 3.31. The number of carbonyl (C=O) groups excluding carboxylic acids is 1. The third kappa shape index (κ3) is 1.73. The van der Waals surface area contributed by atoms with Gasteiger partial charge >= 0.3 is 0 Å². The van der Waals surface area contributed by atoms with Crippen molar-refractivity contribution in [2.75, 3.05) is 5.73 Å². The van der Waals surface area contributed by atoms with E-state index in [0.717, 1.165) is 5.56 Å². The number of hydrogen-bond donors (Lipinski definition) is 2. The number of benzene rings is 1. The predicted molar refractivity (Wildman–Crippen MR) is 53.9 cm³/mol. The maximum atomic E-state index is 10.9. The average Bonchev–Trinajstić information content (AvgIpc) is 1.96. The van der Waals surface area contributed by atoms with Crippen LogP contribution in [-0.2, 0) is 0 Å². The Balaban J connectivity index is 3.33. The lowest BCUT2D eigenvalue weighted by molar-refractivity contribution is 0.109. The van der Waals surface area contributed by atoms with Gasteiger partial charge in [-0.3, -0.25) is 4.79 Å². The Hall–Kier alpha value is -0.670. The minimum Gasteiger partial charge on any atom is -0.398 e. The van der Waals surface area contributed by atoms with Gasteiger partial charge in [0.15, 0.2) is 0 Å². The fourth-order valence-electron chi connectivity index (χ4n) is 0.882. The van der Waals surface area contributed by atoms with Crippen molar-refractivity contribution in [3.05, 3.63) is 28.3 Å². The van der Waals surface area contributed by atoms with Gasteiger partial charge in [0.05, 0.1) is 5.56 Å². The Bertz CT molecular complexity index is 338. The maximum Gasteiger partial charge on any atom is 0.218 e. The second kappa shape index (κ2) is 3.37. The summed E-state index contributed by atoms with van der Waals surface area (Å²) in [4.78, 5) is 10.9. The standard InChI is InChI=1S/C8H8ClNOS/c1-4-2-5(8(11)12)7(10)3-6(4)9/h2-3H,10H2,1H3,(H,11,12). The van der Waals surface area contributed by atoms with Gasteiger partial charge in [0.2, 0.25) is 5.12 Å². The van der Waals surface area contributed by atoms with Crippen LogP contribution >= 0.6 is 24.2 Å². The predicted octanol–water partition coefficient (Wildman–Crippen LogP) is 2.30. The highest BCUT2D eigenvalue weighted by molar-refractivity contribution is 7.97. The first-order valence-corrected chi connectivity index (χ1v) is 4.14. The molecule has 0 aromatic heterocycles. The number of carbonyl (C=O) groups is 1. The van der Waals surface area contributed by atoms with Crippen molar-refractivity contribution < 1.29 is 4.79 Å². The summed E-state index contributed by atoms with van der Waals surface area (Å²) in [7, 11) is 0. The van der Waals surface area contributed by atoms with E-state index in [9.17, 15) is 4.79 Å². The molecule has 1 aromatic rings. The number of nitrogen functional groups attached to an aromatic ring is 1. The average molecular weight is 202 g/mol. The Kier molecular flexibility index (Phi) is 2.65. The molecule has 2 N–H and O–H groups in total. The molecule has 0 aliphatic carbocycles. The molecule has 0 saturated heterocycles. The van der Waals surface area contributed by atoms with Crippen LogP contribution in [-0.4, -0.2) is 5.12 Å². The number of aryl methyl sites for hydroxylation is 1. The van der Waals surface area contributed by atoms with E-state index in [0.29, 0.717) is 16.3 Å². The highest BCUT2D eigenvalue weighted by Crippen LogP contribution is 2.23. The van der Waals surface area contributed by atoms with Crippen LogP contribution in [0.25, 0.3) is 0 Å². The van der Waals surface area contributed by atoms with Crippen molar-refractivity contribution in [1.29, 1.82) is 0 Å². The first-order chi connectivity index (χ1) is 5.52. The summed E-state index contributed by atoms with van der Waals surface area (Å²) in [5.41, 5.74) is 7.13. The van der Waals surface area contributed by atoms with Gasteiger partial charge in [-0.15, -0.1) is 12.6 Å². The van der Waals surface area contributed by atoms with Gasteiger partial charge in [-0.1, -0.05) is 11.6 Å². The lowest BCUT2D eigenvalue weighted by Gasteiger charge is -2.04. The highest BCUT2D eigenvalue weighted by atomic mass is 35.5. The Morgan fingerprint density at radius 3 is 2.67 bits per heavy atom. The van der Waals surface area contributed by atoms with Gasteiger partial charge in [0, 0.05) is 10.7 Å². The zero-order valence-electron chi connectivity index (χ0n) is 6.47.